The van der Waals surface area contributed by atoms with Gasteiger partial charge in [0.15, 0.2) is 27.2 Å². The Morgan fingerprint density at radius 3 is 2.53 bits per heavy atom. The molecule has 2 aromatic heterocycles. The van der Waals surface area contributed by atoms with Crippen LogP contribution in [0.15, 0.2) is 23.4 Å². The summed E-state index contributed by atoms with van der Waals surface area (Å²) in [6.45, 7) is 1.37. The summed E-state index contributed by atoms with van der Waals surface area (Å²) in [6, 6.07) is 2.53. The number of sulfone groups is 1. The van der Waals surface area contributed by atoms with Crippen LogP contribution in [-0.4, -0.2) is 35.6 Å². The second-order valence-corrected chi connectivity index (χ2v) is 9.59. The van der Waals surface area contributed by atoms with Crippen LogP contribution in [0.3, 0.4) is 0 Å². The van der Waals surface area contributed by atoms with Crippen LogP contribution >= 0.6 is 0 Å². The van der Waals surface area contributed by atoms with E-state index in [1.807, 2.05) is 0 Å². The maximum Gasteiger partial charge on any atom is 0.275 e. The van der Waals surface area contributed by atoms with Crippen LogP contribution in [0, 0.1) is 28.4 Å². The van der Waals surface area contributed by atoms with Crippen molar-refractivity contribution in [1.82, 2.24) is 9.55 Å². The lowest BCUT2D eigenvalue weighted by molar-refractivity contribution is -0.144. The van der Waals surface area contributed by atoms with Crippen molar-refractivity contribution in [3.05, 3.63) is 41.5 Å². The number of nitrogens with zero attached hydrogens (tertiary/aromatic N) is 3. The summed E-state index contributed by atoms with van der Waals surface area (Å²) >= 11 is 0. The number of aromatic nitrogens is 2. The van der Waals surface area contributed by atoms with Gasteiger partial charge in [-0.05, 0) is 11.5 Å². The van der Waals surface area contributed by atoms with Crippen LogP contribution in [0.4, 0.5) is 23.2 Å². The Balaban J connectivity index is 1.89. The van der Waals surface area contributed by atoms with Gasteiger partial charge in [0.05, 0.1) is 11.4 Å². The molecule has 0 radical (unpaired) electrons. The maximum atomic E-state index is 14.9. The number of anilines is 1. The zero-order valence-corrected chi connectivity index (χ0v) is 16.7. The minimum atomic E-state index is -4.32. The van der Waals surface area contributed by atoms with Gasteiger partial charge in [-0.3, -0.25) is 4.79 Å². The number of amides is 1. The topological polar surface area (TPSA) is 105 Å². The van der Waals surface area contributed by atoms with E-state index in [0.29, 0.717) is 0 Å². The molecule has 1 fully saturated rings. The molecule has 0 atom stereocenters. The largest absolute Gasteiger partial charge is 0.343 e. The Labute approximate surface area is 169 Å². The fourth-order valence-corrected chi connectivity index (χ4v) is 5.65. The first-order valence-electron chi connectivity index (χ1n) is 8.60. The number of alkyl halides is 2. The summed E-state index contributed by atoms with van der Waals surface area (Å²) in [7, 11) is -3.11. The Kier molecular flexibility index (Phi) is 5.14. The van der Waals surface area contributed by atoms with Gasteiger partial charge in [-0.1, -0.05) is 6.92 Å². The highest BCUT2D eigenvalue weighted by Gasteiger charge is 2.55. The molecule has 0 bridgehead atoms. The zero-order chi connectivity index (χ0) is 22.5. The van der Waals surface area contributed by atoms with Gasteiger partial charge in [-0.15, -0.1) is 0 Å². The molecular formula is C18H16F4N4O3S. The van der Waals surface area contributed by atoms with E-state index in [1.165, 1.54) is 20.0 Å². The van der Waals surface area contributed by atoms with E-state index in [4.69, 9.17) is 5.26 Å². The van der Waals surface area contributed by atoms with Crippen LogP contribution in [-0.2, 0) is 16.9 Å². The van der Waals surface area contributed by atoms with Crippen LogP contribution in [0.5, 0.6) is 0 Å². The molecule has 2 heterocycles. The van der Waals surface area contributed by atoms with E-state index < -0.39 is 79.3 Å². The second kappa shape index (κ2) is 7.09. The number of pyridine rings is 1. The number of nitrogens with one attached hydrogen (secondary N) is 1. The van der Waals surface area contributed by atoms with Crippen molar-refractivity contribution >= 4 is 21.4 Å². The third-order valence-corrected chi connectivity index (χ3v) is 6.82. The van der Waals surface area contributed by atoms with Gasteiger partial charge in [0.1, 0.15) is 16.7 Å². The molecule has 160 valence electrons. The van der Waals surface area contributed by atoms with Gasteiger partial charge in [0, 0.05) is 32.3 Å². The van der Waals surface area contributed by atoms with Gasteiger partial charge < -0.3 is 9.88 Å². The summed E-state index contributed by atoms with van der Waals surface area (Å²) in [5, 5.41) is 10.9. The fourth-order valence-electron chi connectivity index (χ4n) is 3.68. The van der Waals surface area contributed by atoms with Crippen molar-refractivity contribution < 1.29 is 30.8 Å². The number of carbonyl (C=O) groups is 1. The molecule has 2 aromatic rings. The number of hydrogen-bond acceptors (Lipinski definition) is 5. The van der Waals surface area contributed by atoms with Crippen molar-refractivity contribution in [1.29, 1.82) is 5.26 Å². The van der Waals surface area contributed by atoms with E-state index in [9.17, 15) is 30.8 Å². The van der Waals surface area contributed by atoms with E-state index in [0.717, 1.165) is 23.0 Å². The van der Waals surface area contributed by atoms with Crippen molar-refractivity contribution in [2.75, 3.05) is 11.1 Å². The lowest BCUT2D eigenvalue weighted by atomic mass is 9.69. The smallest absolute Gasteiger partial charge is 0.275 e. The molecule has 3 rings (SSSR count). The predicted molar refractivity (Wildman–Crippen MR) is 96.6 cm³/mol. The Hall–Kier alpha value is -2.94. The highest BCUT2D eigenvalue weighted by Crippen LogP contribution is 2.52. The average molecular weight is 444 g/mol. The first-order chi connectivity index (χ1) is 13.8. The average Bonchev–Trinajstić information content (AvgIpc) is 2.89. The lowest BCUT2D eigenvalue weighted by Gasteiger charge is -2.44. The quantitative estimate of drug-likeness (QED) is 0.714. The third-order valence-electron chi connectivity index (χ3n) is 4.79. The molecule has 12 heteroatoms. The number of hydrogen-bond donors (Lipinski definition) is 1. The summed E-state index contributed by atoms with van der Waals surface area (Å²) in [5.41, 5.74) is -2.94. The maximum absolute atomic E-state index is 14.9. The number of aryl methyl sites for hydroxylation is 1. The minimum absolute atomic E-state index is 0.444. The second-order valence-electron chi connectivity index (χ2n) is 7.63. The number of nitriles is 1. The molecule has 1 amide bonds. The highest BCUT2D eigenvalue weighted by atomic mass is 32.2. The molecule has 0 aromatic carbocycles. The van der Waals surface area contributed by atoms with Crippen molar-refractivity contribution in [2.45, 2.75) is 30.6 Å². The van der Waals surface area contributed by atoms with E-state index >= 15 is 0 Å². The molecule has 30 heavy (non-hydrogen) atoms. The Bertz CT molecular complexity index is 1180. The van der Waals surface area contributed by atoms with Crippen molar-refractivity contribution in [3.8, 4) is 6.07 Å². The molecule has 1 aliphatic rings. The van der Waals surface area contributed by atoms with Gasteiger partial charge in [-0.25, -0.2) is 31.0 Å². The lowest BCUT2D eigenvalue weighted by Crippen LogP contribution is -2.47. The fraction of sp³-hybridized carbons (Fsp3) is 0.389. The van der Waals surface area contributed by atoms with Gasteiger partial charge in [0.25, 0.3) is 5.91 Å². The molecule has 0 aliphatic heterocycles. The monoisotopic (exact) mass is 444 g/mol. The predicted octanol–water partition coefficient (Wildman–Crippen LogP) is 3.03. The zero-order valence-electron chi connectivity index (χ0n) is 15.8. The SMILES string of the molecule is Cn1cc(S(=O)(=O)CC2(C)CC(F)(F)C2)c(F)c1C(=O)Nc1ccnc(C#N)c1F. The van der Waals surface area contributed by atoms with Gasteiger partial charge in [0.2, 0.25) is 5.92 Å². The summed E-state index contributed by atoms with van der Waals surface area (Å²) < 4.78 is 81.5. The molecule has 0 saturated heterocycles. The molecular weight excluding hydrogens is 428 g/mol. The van der Waals surface area contributed by atoms with Gasteiger partial charge >= 0.3 is 0 Å². The molecule has 1 aliphatic carbocycles. The number of rotatable bonds is 5. The van der Waals surface area contributed by atoms with Crippen LogP contribution in [0.1, 0.15) is 35.9 Å². The standard InChI is InChI=1S/C18H16F4N4O3S/c1-17(7-18(21,22)8-17)9-30(28,29)12-6-26(2)15(14(12)20)16(27)25-10-3-4-24-11(5-23)13(10)19/h3-4,6H,7-9H2,1-2H3,(H,24,25,27). The summed E-state index contributed by atoms with van der Waals surface area (Å²) in [5.74, 6) is -7.33. The van der Waals surface area contributed by atoms with E-state index in [1.54, 1.807) is 0 Å². The van der Waals surface area contributed by atoms with Gasteiger partial charge in [-0.2, -0.15) is 5.26 Å². The summed E-state index contributed by atoms with van der Waals surface area (Å²) in [6.07, 6.45) is 0.653. The first-order valence-corrected chi connectivity index (χ1v) is 10.3. The number of carbonyl (C=O) groups excluding carboxylic acids is 1. The normalized spacial score (nSPS) is 17.1. The summed E-state index contributed by atoms with van der Waals surface area (Å²) in [4.78, 5) is 15.1. The Morgan fingerprint density at radius 2 is 1.97 bits per heavy atom. The van der Waals surface area contributed by atoms with E-state index in [2.05, 4.69) is 10.3 Å². The van der Waals surface area contributed by atoms with Crippen LogP contribution in [0.25, 0.3) is 0 Å². The van der Waals surface area contributed by atoms with Crippen molar-refractivity contribution in [3.63, 3.8) is 0 Å². The first kappa shape index (κ1) is 21.8. The highest BCUT2D eigenvalue weighted by molar-refractivity contribution is 7.91. The van der Waals surface area contributed by atoms with Crippen molar-refractivity contribution in [2.24, 2.45) is 12.5 Å². The molecule has 0 spiro atoms. The molecule has 0 unspecified atom stereocenters. The minimum Gasteiger partial charge on any atom is -0.343 e. The molecule has 1 saturated carbocycles. The molecule has 1 N–H and O–H groups in total. The third kappa shape index (κ3) is 3.89. The van der Waals surface area contributed by atoms with E-state index in [-0.39, 0.29) is 0 Å². The van der Waals surface area contributed by atoms with Crippen LogP contribution < -0.4 is 5.32 Å². The molecule has 7 nitrogen and oxygen atoms in total. The van der Waals surface area contributed by atoms with Crippen LogP contribution in [0.2, 0.25) is 0 Å². The Morgan fingerprint density at radius 1 is 1.33 bits per heavy atom. The number of halogens is 4.